The Labute approximate surface area is 754 Å². The number of piperazine rings is 2. The molecular weight excluding hydrogens is 1760 g/mol. The van der Waals surface area contributed by atoms with Crippen LogP contribution < -0.4 is 77.1 Å². The van der Waals surface area contributed by atoms with Crippen LogP contribution in [0, 0.1) is 5.92 Å². The largest absolute Gasteiger partial charge is 0.495 e. The molecule has 2 amide bonds. The van der Waals surface area contributed by atoms with Gasteiger partial charge < -0.3 is 84.7 Å². The number of hydrogen-bond acceptors (Lipinski definition) is 28. The third kappa shape index (κ3) is 24.1. The molecule has 9 aromatic rings. The maximum absolute atomic E-state index is 13.7. The Morgan fingerprint density at radius 1 is 0.492 bits per heavy atom. The second kappa shape index (κ2) is 41.6. The zero-order chi connectivity index (χ0) is 89.8. The quantitative estimate of drug-likeness (QED) is 0.0235. The average Bonchev–Trinajstić information content (AvgIpc) is 1.50. The lowest BCUT2D eigenvalue weighted by atomic mass is 10.0. The fourth-order valence-electron chi connectivity index (χ4n) is 16.2. The Morgan fingerprint density at radius 2 is 0.881 bits per heavy atom. The first-order chi connectivity index (χ1) is 60.2. The van der Waals surface area contributed by atoms with Gasteiger partial charge in [-0.05, 0) is 164 Å². The molecule has 0 atom stereocenters. The number of para-hydroxylation sites is 3. The smallest absolute Gasteiger partial charge is 0.317 e. The first-order valence-electron chi connectivity index (χ1n) is 42.2. The van der Waals surface area contributed by atoms with E-state index in [0.717, 1.165) is 91.4 Å². The highest BCUT2D eigenvalue weighted by molar-refractivity contribution is 7.92. The minimum Gasteiger partial charge on any atom is -0.495 e. The van der Waals surface area contributed by atoms with Gasteiger partial charge in [-0.1, -0.05) is 71.2 Å². The number of ether oxygens (including phenoxy) is 3. The van der Waals surface area contributed by atoms with E-state index in [-0.39, 0.29) is 27.7 Å². The highest BCUT2D eigenvalue weighted by atomic mass is 35.5. The van der Waals surface area contributed by atoms with E-state index in [0.29, 0.717) is 129 Å². The van der Waals surface area contributed by atoms with Crippen LogP contribution in [0.5, 0.6) is 17.2 Å². The number of piperidine rings is 2. The summed E-state index contributed by atoms with van der Waals surface area (Å²) < 4.78 is 107. The monoisotopic (exact) mass is 1880 g/mol. The van der Waals surface area contributed by atoms with Gasteiger partial charge in [0.1, 0.15) is 53.7 Å². The molecule has 3 aromatic heterocycles. The first kappa shape index (κ1) is 94.5. The second-order valence-corrected chi connectivity index (χ2v) is 48.4. The summed E-state index contributed by atoms with van der Waals surface area (Å²) in [5.41, 5.74) is 6.00. The summed E-state index contributed by atoms with van der Waals surface area (Å²) in [4.78, 5) is 53.0. The molecule has 15 rings (SSSR count). The number of sulfone groups is 1. The van der Waals surface area contributed by atoms with Crippen molar-refractivity contribution in [1.82, 2.24) is 59.1 Å². The number of nitrogens with one attached hydrogen (secondary N) is 7. The molecule has 126 heavy (non-hydrogen) atoms. The van der Waals surface area contributed by atoms with Gasteiger partial charge in [0, 0.05) is 169 Å². The van der Waals surface area contributed by atoms with E-state index in [1.54, 1.807) is 114 Å². The maximum Gasteiger partial charge on any atom is 0.317 e. The number of hydrogen-bond donors (Lipinski definition) is 7. The molecule has 8 heterocycles. The number of methoxy groups -OCH3 is 3. The third-order valence-corrected chi connectivity index (χ3v) is 34.1. The number of amides is 2. The Morgan fingerprint density at radius 3 is 1.28 bits per heavy atom. The fraction of sp³-hybridized carbons (Fsp3) is 0.437. The van der Waals surface area contributed by atoms with Crippen molar-refractivity contribution < 1.29 is 49.5 Å². The van der Waals surface area contributed by atoms with Gasteiger partial charge in [0.05, 0.1) is 90.4 Å². The van der Waals surface area contributed by atoms with Crippen molar-refractivity contribution in [2.75, 3.05) is 213 Å². The van der Waals surface area contributed by atoms with Crippen LogP contribution in [0.25, 0.3) is 0 Å². The van der Waals surface area contributed by atoms with E-state index >= 15 is 0 Å². The third-order valence-electron chi connectivity index (χ3n) is 23.6. The molecule has 5 saturated heterocycles. The van der Waals surface area contributed by atoms with Crippen molar-refractivity contribution in [3.63, 3.8) is 0 Å². The number of halogens is 3. The normalized spacial score (nSPS) is 17.2. The van der Waals surface area contributed by atoms with E-state index < -0.39 is 46.5 Å². The summed E-state index contributed by atoms with van der Waals surface area (Å²) >= 11 is 19.2. The zero-order valence-corrected chi connectivity index (χ0v) is 79.6. The first-order valence-corrected chi connectivity index (χ1v) is 54.0. The molecule has 6 aliphatic rings. The summed E-state index contributed by atoms with van der Waals surface area (Å²) in [6.07, 6.45) is 13.8. The summed E-state index contributed by atoms with van der Waals surface area (Å²) in [5.74, 6) is 4.76. The Bertz CT molecular complexity index is 5720. The molecule has 5 aliphatic heterocycles. The lowest BCUT2D eigenvalue weighted by Gasteiger charge is -2.43. The van der Waals surface area contributed by atoms with Crippen LogP contribution in [0.4, 0.5) is 85.6 Å². The number of anilines is 14. The van der Waals surface area contributed by atoms with Crippen LogP contribution in [-0.2, 0) is 33.6 Å². The SMILES string of the molecule is CNC(=O)N1CCP(=O)(c2ccc(Nc3ncc(Cl)c(Nc4ccccc4S(=O)(=O)C(C)C)n3)c(OC)c2)CC1.COc1cc(N2CCC(N3CCN(CC4CC4)CC3)CC2)ccc1Nc1ncc(Cl)c(Nc2ccccc2P(C)(C)=O)n1.COc1cc(N2CCC(N3CCN(S(C)(=O)=O)CC3)CC2)ccc1Nc1ncc(Cl)c(Nc2ccccc2P(C)(C)=O)n1. The maximum atomic E-state index is 13.7. The van der Waals surface area contributed by atoms with Gasteiger partial charge in [-0.25, -0.2) is 36.6 Å². The fourth-order valence-corrected chi connectivity index (χ4v) is 23.5. The van der Waals surface area contributed by atoms with Crippen LogP contribution in [0.15, 0.2) is 151 Å². The number of nitrogens with zero attached hydrogens (tertiary/aromatic N) is 13. The number of aromatic nitrogens is 6. The van der Waals surface area contributed by atoms with Crippen molar-refractivity contribution in [2.24, 2.45) is 5.92 Å². The van der Waals surface area contributed by atoms with Gasteiger partial charge in [-0.3, -0.25) is 9.80 Å². The number of carbonyl (C=O) groups is 1. The Balaban J connectivity index is 0.000000162. The molecule has 0 unspecified atom stereocenters. The highest BCUT2D eigenvalue weighted by Gasteiger charge is 2.36. The minimum absolute atomic E-state index is 0.141. The highest BCUT2D eigenvalue weighted by Crippen LogP contribution is 2.49. The molecule has 1 aliphatic carbocycles. The van der Waals surface area contributed by atoms with Gasteiger partial charge in [0.25, 0.3) is 0 Å². The van der Waals surface area contributed by atoms with E-state index in [4.69, 9.17) is 49.0 Å². The Hall–Kier alpha value is -9.07. The number of carbonyl (C=O) groups excluding carboxylic acids is 1. The predicted octanol–water partition coefficient (Wildman–Crippen LogP) is 14.7. The average molecular weight is 1880 g/mol. The summed E-state index contributed by atoms with van der Waals surface area (Å²) in [7, 11) is -8.04. The van der Waals surface area contributed by atoms with E-state index in [1.165, 1.54) is 90.2 Å². The van der Waals surface area contributed by atoms with Gasteiger partial charge in [0.15, 0.2) is 27.3 Å². The molecule has 6 aromatic carbocycles. The summed E-state index contributed by atoms with van der Waals surface area (Å²) in [5, 5.41) is 24.2. The zero-order valence-electron chi connectivity index (χ0n) is 73.0. The summed E-state index contributed by atoms with van der Waals surface area (Å²) in [6.45, 7) is 23.8. The van der Waals surface area contributed by atoms with Gasteiger partial charge >= 0.3 is 6.03 Å². The van der Waals surface area contributed by atoms with Crippen LogP contribution in [-0.4, -0.2) is 266 Å². The van der Waals surface area contributed by atoms with Crippen LogP contribution in [0.2, 0.25) is 15.1 Å². The second-order valence-electron chi connectivity index (χ2n) is 33.2. The van der Waals surface area contributed by atoms with Crippen LogP contribution >= 0.6 is 56.2 Å². The number of rotatable bonds is 27. The summed E-state index contributed by atoms with van der Waals surface area (Å²) in [6, 6.07) is 40.0. The van der Waals surface area contributed by atoms with Crippen molar-refractivity contribution in [1.29, 1.82) is 0 Å². The van der Waals surface area contributed by atoms with E-state index in [2.05, 4.69) is 110 Å². The van der Waals surface area contributed by atoms with Crippen LogP contribution in [0.3, 0.4) is 0 Å². The Kier molecular flexibility index (Phi) is 31.2. The lowest BCUT2D eigenvalue weighted by molar-refractivity contribution is 0.0825. The number of urea groups is 1. The topological polar surface area (TPSA) is 348 Å². The van der Waals surface area contributed by atoms with Gasteiger partial charge in [-0.2, -0.15) is 19.3 Å². The number of sulfonamides is 1. The molecule has 676 valence electrons. The van der Waals surface area contributed by atoms with Gasteiger partial charge in [0.2, 0.25) is 27.9 Å². The van der Waals surface area contributed by atoms with Crippen molar-refractivity contribution >= 4 is 179 Å². The molecule has 0 bridgehead atoms. The van der Waals surface area contributed by atoms with Crippen molar-refractivity contribution in [2.45, 2.75) is 74.6 Å². The van der Waals surface area contributed by atoms with E-state index in [9.17, 15) is 35.3 Å². The van der Waals surface area contributed by atoms with Gasteiger partial charge in [-0.15, -0.1) is 0 Å². The van der Waals surface area contributed by atoms with Crippen LogP contribution in [0.1, 0.15) is 52.4 Å². The minimum atomic E-state index is -3.56. The molecule has 1 saturated carbocycles. The van der Waals surface area contributed by atoms with Crippen molar-refractivity contribution in [3.05, 3.63) is 161 Å². The molecule has 0 radical (unpaired) electrons. The number of benzene rings is 6. The van der Waals surface area contributed by atoms with Crippen molar-refractivity contribution in [3.8, 4) is 17.2 Å². The van der Waals surface area contributed by atoms with E-state index in [1.807, 2.05) is 66.7 Å². The molecule has 31 nitrogen and oxygen atoms in total. The molecular formula is C87H114Cl3N20O11P3S2. The molecule has 6 fully saturated rings. The molecule has 39 heteroatoms. The lowest BCUT2D eigenvalue weighted by Crippen LogP contribution is -2.54. The predicted molar refractivity (Wildman–Crippen MR) is 512 cm³/mol. The standard InChI is InChI=1S/C32H43ClN7O2P.C29H39ClN7O4PS.C26H32ClN6O5PS/c1-42-29-20-25(39-14-12-24(13-15-39)40-18-16-38(17-19-40)22-23-8-9-23)10-11-27(29)36-32-34-21-26(33)31(37-32)35-28-6-4-5-7-30(28)43(2,3)41;1-41-26-19-22(35-13-11-21(12-14-35)36-15-17-37(18-16-36)43(4,39)40)9-10-24(26)33-29-31-20-23(30)28(34-29)32-25-7-5-6-8-27(25)42(2,3)38;1-17(2)40(36,37)23-8-6-5-7-21(23)30-24-19(27)16-29-25(32-24)31-20-10-9-18(15-22(20)38-4)39(35)13-11-33(12-14-39)26(34)28-3/h4-7,10-11,20-21,23-24H,8-9,12-19,22H2,1-3H3,(H2,34,35,36,37);5-10,19-21H,11-18H2,1-4H3,(H2,31,32,33,34);5-10,15-17H,11-14H2,1-4H3,(H,28,34)(H2,29,30,31,32). The molecule has 7 N–H and O–H groups in total. The molecule has 0 spiro atoms.